The van der Waals surface area contributed by atoms with Crippen molar-refractivity contribution in [3.8, 4) is 0 Å². The van der Waals surface area contributed by atoms with Crippen molar-refractivity contribution in [3.05, 3.63) is 13.8 Å². The van der Waals surface area contributed by atoms with E-state index >= 15 is 0 Å². The standard InChI is InChI=1S/2C6H14.C6H13.C3H8.C3H7.11CH4.Y/c3*1-3-5-6-4-2;2*1-3-2;;;;;;;;;;;;/h2*3-6H2,1-2H3;1,3-6H2,2H3;3H2,1-2H3;1,3H2,2H3;11*1H4;/q;;-1;;-1;;;;;;;;;;;;. The minimum absolute atomic E-state index is 0. The molecule has 0 spiro atoms. The van der Waals surface area contributed by atoms with Crippen LogP contribution in [0.25, 0.3) is 0 Å². The number of hydrogen-bond acceptors (Lipinski definition) is 0. The summed E-state index contributed by atoms with van der Waals surface area (Å²) < 4.78 is 0. The molecule has 0 nitrogen and oxygen atoms in total. The Balaban J connectivity index is -0.00000000787. The zero-order valence-corrected chi connectivity index (χ0v) is 22.7. The van der Waals surface area contributed by atoms with Crippen LogP contribution in [0.3, 0.4) is 0 Å². The molecular formula is C35H100Y-2. The number of unbranched alkanes of at least 4 members (excludes halogenated alkanes) is 9. The summed E-state index contributed by atoms with van der Waals surface area (Å²) in [5, 5.41) is 0. The predicted molar refractivity (Wildman–Crippen MR) is 195 cm³/mol. The Morgan fingerprint density at radius 1 is 0.333 bits per heavy atom. The van der Waals surface area contributed by atoms with Gasteiger partial charge >= 0.3 is 0 Å². The van der Waals surface area contributed by atoms with E-state index in [4.69, 9.17) is 0 Å². The van der Waals surface area contributed by atoms with E-state index in [0.717, 1.165) is 12.8 Å². The van der Waals surface area contributed by atoms with Crippen molar-refractivity contribution in [1.82, 2.24) is 0 Å². The van der Waals surface area contributed by atoms with Crippen molar-refractivity contribution in [1.29, 1.82) is 0 Å². The largest absolute Gasteiger partial charge is 0.344 e. The van der Waals surface area contributed by atoms with Crippen LogP contribution in [0.4, 0.5) is 0 Å². The second kappa shape index (κ2) is 195. The number of hydrogen-bond donors (Lipinski definition) is 0. The number of rotatable bonds is 9. The van der Waals surface area contributed by atoms with Crippen LogP contribution < -0.4 is 0 Å². The maximum absolute atomic E-state index is 3.72. The van der Waals surface area contributed by atoms with Crippen LogP contribution in [-0.4, -0.2) is 0 Å². The van der Waals surface area contributed by atoms with E-state index in [-0.39, 0.29) is 114 Å². The van der Waals surface area contributed by atoms with E-state index in [1.54, 1.807) is 0 Å². The van der Waals surface area contributed by atoms with Crippen LogP contribution in [-0.2, 0) is 32.7 Å². The molecule has 0 atom stereocenters. The van der Waals surface area contributed by atoms with Gasteiger partial charge in [0.15, 0.2) is 0 Å². The third-order valence-electron chi connectivity index (χ3n) is 2.77. The van der Waals surface area contributed by atoms with Gasteiger partial charge in [-0.3, -0.25) is 0 Å². The molecule has 0 fully saturated rings. The Morgan fingerprint density at radius 2 is 0.444 bits per heavy atom. The van der Waals surface area contributed by atoms with Crippen molar-refractivity contribution in [2.45, 2.75) is 227 Å². The fraction of sp³-hybridized carbons (Fsp3) is 0.943. The Bertz CT molecular complexity index is 80.2. The SMILES string of the molecule is C.C.C.C.C.C.C.C.C.C.C.CCC.CCCCCC.CCCCCC.[CH2-]CC.[CH2-]CCCCC.[Y]. The third kappa shape index (κ3) is 400. The molecule has 0 saturated heterocycles. The van der Waals surface area contributed by atoms with Crippen LogP contribution in [0.1, 0.15) is 227 Å². The summed E-state index contributed by atoms with van der Waals surface area (Å²) in [6.07, 6.45) is 18.4. The monoisotopic (exact) mass is 610 g/mol. The topological polar surface area (TPSA) is 0 Å². The maximum atomic E-state index is 3.72. The molecule has 0 aromatic carbocycles. The zero-order chi connectivity index (χ0) is 19.9. The summed E-state index contributed by atoms with van der Waals surface area (Å²) in [6.45, 7) is 24.6. The minimum Gasteiger partial charge on any atom is -0.344 e. The van der Waals surface area contributed by atoms with Gasteiger partial charge in [-0.1, -0.05) is 214 Å². The quantitative estimate of drug-likeness (QED) is 0.180. The second-order valence-corrected chi connectivity index (χ2v) is 6.18. The average molecular weight is 610 g/mol. The summed E-state index contributed by atoms with van der Waals surface area (Å²) in [4.78, 5) is 0. The van der Waals surface area contributed by atoms with Gasteiger partial charge in [-0.25, -0.2) is 0 Å². The zero-order valence-electron chi connectivity index (χ0n) is 19.9. The molecule has 245 valence electrons. The van der Waals surface area contributed by atoms with Gasteiger partial charge in [-0.05, 0) is 0 Å². The molecule has 1 radical (unpaired) electrons. The maximum Gasteiger partial charge on any atom is 0 e. The molecule has 0 aromatic rings. The molecule has 0 amide bonds. The molecule has 0 rings (SSSR count). The Kier molecular flexibility index (Phi) is 648. The van der Waals surface area contributed by atoms with Crippen LogP contribution in [0, 0.1) is 13.8 Å². The van der Waals surface area contributed by atoms with Crippen molar-refractivity contribution in [3.63, 3.8) is 0 Å². The van der Waals surface area contributed by atoms with E-state index in [1.165, 1.54) is 77.0 Å². The van der Waals surface area contributed by atoms with Crippen LogP contribution in [0.5, 0.6) is 0 Å². The first-order chi connectivity index (χ1) is 11.6. The average Bonchev–Trinajstić information content (AvgIpc) is 2.59. The molecule has 0 bridgehead atoms. The first-order valence-corrected chi connectivity index (χ1v) is 11.2. The van der Waals surface area contributed by atoms with Gasteiger partial charge < -0.3 is 13.8 Å². The predicted octanol–water partition coefficient (Wildman–Crippen LogP) is 17.2. The van der Waals surface area contributed by atoms with Crippen LogP contribution >= 0.6 is 0 Å². The molecule has 0 aromatic heterocycles. The van der Waals surface area contributed by atoms with Crippen molar-refractivity contribution >= 4 is 0 Å². The van der Waals surface area contributed by atoms with Gasteiger partial charge in [0.25, 0.3) is 0 Å². The summed E-state index contributed by atoms with van der Waals surface area (Å²) in [7, 11) is 0. The van der Waals surface area contributed by atoms with E-state index in [9.17, 15) is 0 Å². The summed E-state index contributed by atoms with van der Waals surface area (Å²) >= 11 is 0. The van der Waals surface area contributed by atoms with Gasteiger partial charge in [0.05, 0.1) is 0 Å². The molecule has 0 aliphatic carbocycles. The summed E-state index contributed by atoms with van der Waals surface area (Å²) in [5.41, 5.74) is 0. The minimum atomic E-state index is 0. The molecule has 0 heterocycles. The van der Waals surface area contributed by atoms with E-state index in [2.05, 4.69) is 62.3 Å². The smallest absolute Gasteiger partial charge is 0 e. The molecular weight excluding hydrogens is 509 g/mol. The van der Waals surface area contributed by atoms with Crippen molar-refractivity contribution < 1.29 is 32.7 Å². The summed E-state index contributed by atoms with van der Waals surface area (Å²) in [5.74, 6) is 0. The fourth-order valence-electron chi connectivity index (χ4n) is 1.43. The van der Waals surface area contributed by atoms with Gasteiger partial charge in [0, 0.05) is 32.7 Å². The van der Waals surface area contributed by atoms with Gasteiger partial charge in [0.2, 0.25) is 0 Å². The van der Waals surface area contributed by atoms with Crippen LogP contribution in [0.2, 0.25) is 0 Å². The van der Waals surface area contributed by atoms with Crippen molar-refractivity contribution in [2.75, 3.05) is 0 Å². The van der Waals surface area contributed by atoms with Crippen molar-refractivity contribution in [2.24, 2.45) is 0 Å². The fourth-order valence-corrected chi connectivity index (χ4v) is 1.43. The summed E-state index contributed by atoms with van der Waals surface area (Å²) in [6, 6.07) is 0. The third-order valence-corrected chi connectivity index (χ3v) is 2.77. The molecule has 0 N–H and O–H groups in total. The van der Waals surface area contributed by atoms with Gasteiger partial charge in [0.1, 0.15) is 0 Å². The first kappa shape index (κ1) is 120. The van der Waals surface area contributed by atoms with Crippen LogP contribution in [0.15, 0.2) is 0 Å². The molecule has 0 aliphatic heterocycles. The first-order valence-electron chi connectivity index (χ1n) is 11.2. The normalized spacial score (nSPS) is 5.50. The van der Waals surface area contributed by atoms with E-state index < -0.39 is 0 Å². The Hall–Kier alpha value is 1.10. The molecule has 0 saturated carbocycles. The Labute approximate surface area is 272 Å². The molecule has 36 heavy (non-hydrogen) atoms. The Morgan fingerprint density at radius 3 is 0.500 bits per heavy atom. The molecule has 1 heteroatoms. The van der Waals surface area contributed by atoms with E-state index in [0.29, 0.717) is 0 Å². The van der Waals surface area contributed by atoms with Gasteiger partial charge in [-0.2, -0.15) is 12.8 Å². The van der Waals surface area contributed by atoms with Gasteiger partial charge in [-0.15, -0.1) is 0 Å². The van der Waals surface area contributed by atoms with E-state index in [1.807, 2.05) is 6.92 Å². The second-order valence-electron chi connectivity index (χ2n) is 6.18. The molecule has 0 unspecified atom stereocenters. The molecule has 0 aliphatic rings.